The van der Waals surface area contributed by atoms with Crippen molar-refractivity contribution < 1.29 is 26.4 Å². The van der Waals surface area contributed by atoms with Crippen molar-refractivity contribution in [2.75, 3.05) is 46.3 Å². The summed E-state index contributed by atoms with van der Waals surface area (Å²) in [4.78, 5) is 15.4. The number of fused-ring (bicyclic) bond motifs is 1. The van der Waals surface area contributed by atoms with Crippen LogP contribution in [0.1, 0.15) is 6.42 Å². The highest BCUT2D eigenvalue weighted by Gasteiger charge is 2.32. The molecule has 0 unspecified atom stereocenters. The van der Waals surface area contributed by atoms with E-state index < -0.39 is 28.7 Å². The molecule has 0 spiro atoms. The molecule has 1 aliphatic heterocycles. The number of benzene rings is 2. The fraction of sp³-hybridized carbons (Fsp3) is 0.450. The SMILES string of the molecule is CN(CC(=O)N1CCCN(CC(F)(F)F)CC1)S(=O)(=O)c1ccc2ccccc2c1. The highest BCUT2D eigenvalue weighted by Crippen LogP contribution is 2.22. The number of amides is 1. The molecular formula is C20H24F3N3O3S. The lowest BCUT2D eigenvalue weighted by molar-refractivity contribution is -0.145. The van der Waals surface area contributed by atoms with Crippen LogP contribution >= 0.6 is 0 Å². The van der Waals surface area contributed by atoms with Crippen molar-refractivity contribution in [3.63, 3.8) is 0 Å². The van der Waals surface area contributed by atoms with Crippen LogP contribution in [0.15, 0.2) is 47.4 Å². The van der Waals surface area contributed by atoms with Crippen LogP contribution in [-0.4, -0.2) is 80.9 Å². The van der Waals surface area contributed by atoms with Gasteiger partial charge >= 0.3 is 6.18 Å². The van der Waals surface area contributed by atoms with Gasteiger partial charge < -0.3 is 4.90 Å². The minimum Gasteiger partial charge on any atom is -0.340 e. The average molecular weight is 443 g/mol. The molecule has 0 aliphatic carbocycles. The summed E-state index contributed by atoms with van der Waals surface area (Å²) in [6.07, 6.45) is -3.88. The summed E-state index contributed by atoms with van der Waals surface area (Å²) in [5.41, 5.74) is 0. The first-order chi connectivity index (χ1) is 14.1. The largest absolute Gasteiger partial charge is 0.401 e. The smallest absolute Gasteiger partial charge is 0.340 e. The van der Waals surface area contributed by atoms with Crippen LogP contribution < -0.4 is 0 Å². The molecule has 6 nitrogen and oxygen atoms in total. The van der Waals surface area contributed by atoms with Gasteiger partial charge in [0.15, 0.2) is 0 Å². The van der Waals surface area contributed by atoms with E-state index in [1.54, 1.807) is 12.1 Å². The van der Waals surface area contributed by atoms with Crippen molar-refractivity contribution >= 4 is 26.7 Å². The van der Waals surface area contributed by atoms with Gasteiger partial charge in [-0.2, -0.15) is 17.5 Å². The Bertz CT molecular complexity index is 1010. The van der Waals surface area contributed by atoms with Gasteiger partial charge in [0.05, 0.1) is 18.0 Å². The number of alkyl halides is 3. The van der Waals surface area contributed by atoms with Crippen LogP contribution in [0, 0.1) is 0 Å². The van der Waals surface area contributed by atoms with E-state index in [0.29, 0.717) is 13.0 Å². The second kappa shape index (κ2) is 8.91. The fourth-order valence-corrected chi connectivity index (χ4v) is 4.67. The molecule has 0 radical (unpaired) electrons. The first-order valence-electron chi connectivity index (χ1n) is 9.58. The molecule has 2 aromatic rings. The fourth-order valence-electron chi connectivity index (χ4n) is 3.52. The van der Waals surface area contributed by atoms with Crippen molar-refractivity contribution in [3.8, 4) is 0 Å². The lowest BCUT2D eigenvalue weighted by Gasteiger charge is -2.25. The molecule has 0 saturated carbocycles. The van der Waals surface area contributed by atoms with Gasteiger partial charge in [-0.25, -0.2) is 8.42 Å². The molecule has 1 heterocycles. The van der Waals surface area contributed by atoms with Crippen molar-refractivity contribution in [2.24, 2.45) is 0 Å². The maximum Gasteiger partial charge on any atom is 0.401 e. The molecular weight excluding hydrogens is 419 g/mol. The van der Waals surface area contributed by atoms with Gasteiger partial charge in [-0.05, 0) is 29.3 Å². The van der Waals surface area contributed by atoms with E-state index in [4.69, 9.17) is 0 Å². The average Bonchev–Trinajstić information content (AvgIpc) is 2.91. The molecule has 0 bridgehead atoms. The predicted octanol–water partition coefficient (Wildman–Crippen LogP) is 2.56. The van der Waals surface area contributed by atoms with Crippen LogP contribution in [0.4, 0.5) is 13.2 Å². The van der Waals surface area contributed by atoms with Gasteiger partial charge in [0.25, 0.3) is 0 Å². The Labute approximate surface area is 173 Å². The van der Waals surface area contributed by atoms with Crippen LogP contribution in [-0.2, 0) is 14.8 Å². The summed E-state index contributed by atoms with van der Waals surface area (Å²) in [6, 6.07) is 12.1. The quantitative estimate of drug-likeness (QED) is 0.713. The standard InChI is InChI=1S/C20H24F3N3O3S/c1-24(30(28,29)18-8-7-16-5-2-3-6-17(16)13-18)14-19(27)26-10-4-9-25(11-12-26)15-20(21,22)23/h2-3,5-8,13H,4,9-12,14-15H2,1H3. The molecule has 0 atom stereocenters. The van der Waals surface area contributed by atoms with Crippen molar-refractivity contribution in [1.29, 1.82) is 0 Å². The van der Waals surface area contributed by atoms with E-state index in [-0.39, 0.29) is 31.1 Å². The van der Waals surface area contributed by atoms with Gasteiger partial charge in [-0.3, -0.25) is 9.69 Å². The first kappa shape index (κ1) is 22.5. The molecule has 0 N–H and O–H groups in total. The molecule has 1 fully saturated rings. The van der Waals surface area contributed by atoms with E-state index in [9.17, 15) is 26.4 Å². The highest BCUT2D eigenvalue weighted by molar-refractivity contribution is 7.89. The Kier molecular flexibility index (Phi) is 6.68. The monoisotopic (exact) mass is 443 g/mol. The molecule has 164 valence electrons. The third kappa shape index (κ3) is 5.50. The van der Waals surface area contributed by atoms with Crippen LogP contribution in [0.25, 0.3) is 10.8 Å². The zero-order valence-electron chi connectivity index (χ0n) is 16.6. The Morgan fingerprint density at radius 3 is 2.43 bits per heavy atom. The highest BCUT2D eigenvalue weighted by atomic mass is 32.2. The normalized spacial score (nSPS) is 16.8. The molecule has 1 aliphatic rings. The number of halogens is 3. The van der Waals surface area contributed by atoms with Crippen LogP contribution in [0.2, 0.25) is 0 Å². The van der Waals surface area contributed by atoms with E-state index in [2.05, 4.69) is 0 Å². The summed E-state index contributed by atoms with van der Waals surface area (Å²) in [7, 11) is -2.55. The second-order valence-electron chi connectivity index (χ2n) is 7.40. The van der Waals surface area contributed by atoms with Crippen molar-refractivity contribution in [1.82, 2.24) is 14.1 Å². The van der Waals surface area contributed by atoms with E-state index in [1.807, 2.05) is 24.3 Å². The molecule has 3 rings (SSSR count). The number of rotatable bonds is 5. The Hall–Kier alpha value is -2.17. The molecule has 0 aromatic heterocycles. The molecule has 2 aromatic carbocycles. The van der Waals surface area contributed by atoms with Crippen LogP contribution in [0.3, 0.4) is 0 Å². The Morgan fingerprint density at radius 2 is 1.73 bits per heavy atom. The number of carbonyl (C=O) groups is 1. The summed E-state index contributed by atoms with van der Waals surface area (Å²) in [5.74, 6) is -0.421. The second-order valence-corrected chi connectivity index (χ2v) is 9.44. The third-order valence-corrected chi connectivity index (χ3v) is 6.93. The number of hydrogen-bond donors (Lipinski definition) is 0. The lowest BCUT2D eigenvalue weighted by atomic mass is 10.1. The lowest BCUT2D eigenvalue weighted by Crippen LogP contribution is -2.43. The molecule has 1 saturated heterocycles. The molecule has 30 heavy (non-hydrogen) atoms. The number of likely N-dealkylation sites (N-methyl/N-ethyl adjacent to an activating group) is 1. The third-order valence-electron chi connectivity index (χ3n) is 5.13. The minimum atomic E-state index is -4.28. The zero-order chi connectivity index (χ0) is 21.9. The van der Waals surface area contributed by atoms with Crippen molar-refractivity contribution in [2.45, 2.75) is 17.5 Å². The number of hydrogen-bond acceptors (Lipinski definition) is 4. The van der Waals surface area contributed by atoms with Gasteiger partial charge in [-0.15, -0.1) is 0 Å². The number of sulfonamides is 1. The van der Waals surface area contributed by atoms with E-state index >= 15 is 0 Å². The number of nitrogens with zero attached hydrogens (tertiary/aromatic N) is 3. The molecule has 10 heteroatoms. The summed E-state index contributed by atoms with van der Waals surface area (Å²) >= 11 is 0. The van der Waals surface area contributed by atoms with Gasteiger partial charge in [0.1, 0.15) is 0 Å². The van der Waals surface area contributed by atoms with Crippen molar-refractivity contribution in [3.05, 3.63) is 42.5 Å². The maximum absolute atomic E-state index is 12.9. The topological polar surface area (TPSA) is 60.9 Å². The number of carbonyl (C=O) groups excluding carboxylic acids is 1. The Morgan fingerprint density at radius 1 is 1.03 bits per heavy atom. The van der Waals surface area contributed by atoms with Crippen LogP contribution in [0.5, 0.6) is 0 Å². The van der Waals surface area contributed by atoms with E-state index in [0.717, 1.165) is 15.1 Å². The van der Waals surface area contributed by atoms with Gasteiger partial charge in [-0.1, -0.05) is 30.3 Å². The minimum absolute atomic E-state index is 0.0868. The zero-order valence-corrected chi connectivity index (χ0v) is 17.4. The summed E-state index contributed by atoms with van der Waals surface area (Å²) in [6.45, 7) is -0.587. The summed E-state index contributed by atoms with van der Waals surface area (Å²) < 4.78 is 64.6. The van der Waals surface area contributed by atoms with E-state index in [1.165, 1.54) is 22.9 Å². The predicted molar refractivity (Wildman–Crippen MR) is 107 cm³/mol. The Balaban J connectivity index is 1.65. The summed E-state index contributed by atoms with van der Waals surface area (Å²) in [5, 5.41) is 1.68. The maximum atomic E-state index is 12.9. The van der Waals surface area contributed by atoms with Gasteiger partial charge in [0, 0.05) is 33.2 Å². The van der Waals surface area contributed by atoms with Gasteiger partial charge in [0.2, 0.25) is 15.9 Å². The first-order valence-corrected chi connectivity index (χ1v) is 11.0. The molecule has 1 amide bonds.